The van der Waals surface area contributed by atoms with Gasteiger partial charge in [-0.15, -0.1) is 0 Å². The molecule has 1 heterocycles. The molecule has 1 aliphatic heterocycles. The third kappa shape index (κ3) is 5.07. The Bertz CT molecular complexity index is 687. The van der Waals surface area contributed by atoms with Gasteiger partial charge >= 0.3 is 0 Å². The molecule has 3 rings (SSSR count). The number of rotatable bonds is 5. The van der Waals surface area contributed by atoms with Crippen molar-refractivity contribution >= 4 is 17.5 Å². The van der Waals surface area contributed by atoms with Crippen LogP contribution in [0.4, 0.5) is 0 Å². The first-order valence-corrected chi connectivity index (χ1v) is 9.36. The van der Waals surface area contributed by atoms with Crippen molar-refractivity contribution in [3.05, 3.63) is 70.7 Å². The smallest absolute Gasteiger partial charge is 0.231 e. The minimum Gasteiger partial charge on any atom is -0.341 e. The second-order valence-electron chi connectivity index (χ2n) is 7.03. The lowest BCUT2D eigenvalue weighted by molar-refractivity contribution is -0.921. The standard InChI is InChI=1S/C21H25ClN2O/c1-23(14-17-6-3-2-4-7-17)21(25)19-8-5-13-24(16-19)15-18-9-11-20(22)12-10-18/h2-4,6-7,9-12,19H,5,8,13-16H2,1H3/p+1/t19-/m0/s1. The Morgan fingerprint density at radius 1 is 1.12 bits per heavy atom. The lowest BCUT2D eigenvalue weighted by Gasteiger charge is -2.31. The molecule has 1 saturated heterocycles. The highest BCUT2D eigenvalue weighted by molar-refractivity contribution is 6.30. The summed E-state index contributed by atoms with van der Waals surface area (Å²) in [5.74, 6) is 0.405. The van der Waals surface area contributed by atoms with Gasteiger partial charge in [0, 0.05) is 24.2 Å². The van der Waals surface area contributed by atoms with Gasteiger partial charge in [-0.1, -0.05) is 54.1 Å². The Balaban J connectivity index is 1.56. The number of hydrogen-bond acceptors (Lipinski definition) is 1. The molecule has 2 atom stereocenters. The fraction of sp³-hybridized carbons (Fsp3) is 0.381. The maximum Gasteiger partial charge on any atom is 0.231 e. The van der Waals surface area contributed by atoms with E-state index in [1.54, 1.807) is 0 Å². The molecular formula is C21H26ClN2O+. The van der Waals surface area contributed by atoms with Crippen molar-refractivity contribution in [1.29, 1.82) is 0 Å². The van der Waals surface area contributed by atoms with Crippen molar-refractivity contribution in [2.24, 2.45) is 5.92 Å². The Morgan fingerprint density at radius 2 is 1.84 bits per heavy atom. The third-order valence-electron chi connectivity index (χ3n) is 4.97. The van der Waals surface area contributed by atoms with Crippen LogP contribution in [0.3, 0.4) is 0 Å². The number of carbonyl (C=O) groups excluding carboxylic acids is 1. The van der Waals surface area contributed by atoms with E-state index < -0.39 is 0 Å². The van der Waals surface area contributed by atoms with E-state index in [9.17, 15) is 4.79 Å². The summed E-state index contributed by atoms with van der Waals surface area (Å²) in [6.07, 6.45) is 2.11. The largest absolute Gasteiger partial charge is 0.341 e. The second-order valence-corrected chi connectivity index (χ2v) is 7.46. The van der Waals surface area contributed by atoms with Gasteiger partial charge in [0.25, 0.3) is 0 Å². The first kappa shape index (κ1) is 18.0. The summed E-state index contributed by atoms with van der Waals surface area (Å²) in [6, 6.07) is 18.2. The van der Waals surface area contributed by atoms with Gasteiger partial charge in [0.15, 0.2) is 0 Å². The molecule has 25 heavy (non-hydrogen) atoms. The molecule has 2 aromatic carbocycles. The zero-order valence-electron chi connectivity index (χ0n) is 14.7. The fourth-order valence-corrected chi connectivity index (χ4v) is 3.79. The highest BCUT2D eigenvalue weighted by Crippen LogP contribution is 2.14. The minimum absolute atomic E-state index is 0.129. The molecule has 0 aliphatic carbocycles. The van der Waals surface area contributed by atoms with Crippen molar-refractivity contribution < 1.29 is 9.69 Å². The van der Waals surface area contributed by atoms with Crippen LogP contribution in [-0.4, -0.2) is 30.9 Å². The number of quaternary nitrogens is 1. The Hall–Kier alpha value is -1.84. The quantitative estimate of drug-likeness (QED) is 0.874. The van der Waals surface area contributed by atoms with Gasteiger partial charge in [0.05, 0.1) is 19.0 Å². The van der Waals surface area contributed by atoms with Crippen LogP contribution in [-0.2, 0) is 17.9 Å². The van der Waals surface area contributed by atoms with Gasteiger partial charge in [-0.25, -0.2) is 0 Å². The molecule has 3 nitrogen and oxygen atoms in total. The number of nitrogens with one attached hydrogen (secondary N) is 1. The number of benzene rings is 2. The molecule has 1 amide bonds. The average molecular weight is 358 g/mol. The van der Waals surface area contributed by atoms with E-state index in [1.165, 1.54) is 16.0 Å². The molecule has 0 spiro atoms. The van der Waals surface area contributed by atoms with Crippen molar-refractivity contribution in [3.63, 3.8) is 0 Å². The lowest BCUT2D eigenvalue weighted by Crippen LogP contribution is -3.12. The number of likely N-dealkylation sites (tertiary alicyclic amines) is 1. The van der Waals surface area contributed by atoms with E-state index in [-0.39, 0.29) is 11.8 Å². The predicted molar refractivity (Wildman–Crippen MR) is 101 cm³/mol. The zero-order valence-corrected chi connectivity index (χ0v) is 15.5. The van der Waals surface area contributed by atoms with E-state index >= 15 is 0 Å². The monoisotopic (exact) mass is 357 g/mol. The topological polar surface area (TPSA) is 24.8 Å². The third-order valence-corrected chi connectivity index (χ3v) is 5.23. The second kappa shape index (κ2) is 8.50. The maximum atomic E-state index is 12.8. The molecule has 1 unspecified atom stereocenters. The molecule has 1 fully saturated rings. The molecule has 0 bridgehead atoms. The van der Waals surface area contributed by atoms with Crippen LogP contribution < -0.4 is 4.90 Å². The summed E-state index contributed by atoms with van der Waals surface area (Å²) in [5, 5.41) is 0.771. The molecule has 0 radical (unpaired) electrons. The molecule has 2 aromatic rings. The van der Waals surface area contributed by atoms with Gasteiger partial charge < -0.3 is 9.80 Å². The normalized spacial score (nSPS) is 20.2. The zero-order chi connectivity index (χ0) is 17.6. The summed E-state index contributed by atoms with van der Waals surface area (Å²) < 4.78 is 0. The number of halogens is 1. The van der Waals surface area contributed by atoms with E-state index in [1.807, 2.05) is 42.3 Å². The van der Waals surface area contributed by atoms with Gasteiger partial charge in [0.2, 0.25) is 5.91 Å². The summed E-state index contributed by atoms with van der Waals surface area (Å²) >= 11 is 5.96. The number of hydrogen-bond donors (Lipinski definition) is 1. The number of nitrogens with zero attached hydrogens (tertiary/aromatic N) is 1. The molecule has 4 heteroatoms. The van der Waals surface area contributed by atoms with Crippen LogP contribution in [0.5, 0.6) is 0 Å². The first-order valence-electron chi connectivity index (χ1n) is 8.99. The summed E-state index contributed by atoms with van der Waals surface area (Å²) in [4.78, 5) is 16.2. The van der Waals surface area contributed by atoms with Crippen LogP contribution in [0.25, 0.3) is 0 Å². The summed E-state index contributed by atoms with van der Waals surface area (Å²) in [7, 11) is 1.92. The average Bonchev–Trinajstić information content (AvgIpc) is 2.64. The van der Waals surface area contributed by atoms with E-state index in [0.717, 1.165) is 37.5 Å². The molecule has 132 valence electrons. The van der Waals surface area contributed by atoms with Crippen LogP contribution >= 0.6 is 11.6 Å². The lowest BCUT2D eigenvalue weighted by atomic mass is 9.96. The molecule has 0 aromatic heterocycles. The SMILES string of the molecule is CN(Cc1ccccc1)C(=O)[C@H]1CCC[NH+](Cc2ccc(Cl)cc2)C1. The van der Waals surface area contributed by atoms with E-state index in [2.05, 4.69) is 24.3 Å². The number of amides is 1. The number of carbonyl (C=O) groups is 1. The first-order chi connectivity index (χ1) is 12.1. The van der Waals surface area contributed by atoms with Crippen LogP contribution in [0.1, 0.15) is 24.0 Å². The maximum absolute atomic E-state index is 12.8. The van der Waals surface area contributed by atoms with E-state index in [0.29, 0.717) is 6.54 Å². The molecular weight excluding hydrogens is 332 g/mol. The van der Waals surface area contributed by atoms with Crippen molar-refractivity contribution in [2.75, 3.05) is 20.1 Å². The van der Waals surface area contributed by atoms with Crippen molar-refractivity contribution in [3.8, 4) is 0 Å². The Labute approximate surface area is 155 Å². The highest BCUT2D eigenvalue weighted by Gasteiger charge is 2.30. The fourth-order valence-electron chi connectivity index (χ4n) is 3.66. The van der Waals surface area contributed by atoms with Crippen molar-refractivity contribution in [2.45, 2.75) is 25.9 Å². The van der Waals surface area contributed by atoms with Gasteiger partial charge in [-0.3, -0.25) is 4.79 Å². The summed E-state index contributed by atoms with van der Waals surface area (Å²) in [6.45, 7) is 3.70. The molecule has 0 saturated carbocycles. The van der Waals surface area contributed by atoms with Gasteiger partial charge in [0.1, 0.15) is 6.54 Å². The van der Waals surface area contributed by atoms with E-state index in [4.69, 9.17) is 11.6 Å². The Morgan fingerprint density at radius 3 is 2.56 bits per heavy atom. The predicted octanol–water partition coefficient (Wildman–Crippen LogP) is 2.79. The van der Waals surface area contributed by atoms with Crippen LogP contribution in [0, 0.1) is 5.92 Å². The minimum atomic E-state index is 0.129. The molecule has 1 aliphatic rings. The number of piperidine rings is 1. The van der Waals surface area contributed by atoms with Crippen molar-refractivity contribution in [1.82, 2.24) is 4.90 Å². The molecule has 1 N–H and O–H groups in total. The summed E-state index contributed by atoms with van der Waals surface area (Å²) in [5.41, 5.74) is 2.46. The van der Waals surface area contributed by atoms with Gasteiger partial charge in [-0.05, 0) is 30.5 Å². The Kier molecular flexibility index (Phi) is 6.11. The van der Waals surface area contributed by atoms with Gasteiger partial charge in [-0.2, -0.15) is 0 Å². The highest BCUT2D eigenvalue weighted by atomic mass is 35.5. The van der Waals surface area contributed by atoms with Crippen LogP contribution in [0.2, 0.25) is 5.02 Å². The van der Waals surface area contributed by atoms with Crippen LogP contribution in [0.15, 0.2) is 54.6 Å².